The lowest BCUT2D eigenvalue weighted by molar-refractivity contribution is -0.119. The van der Waals surface area contributed by atoms with Crippen LogP contribution in [0.15, 0.2) is 42.6 Å². The highest BCUT2D eigenvalue weighted by Crippen LogP contribution is 2.33. The van der Waals surface area contributed by atoms with Crippen LogP contribution in [0.3, 0.4) is 0 Å². The molecule has 2 heterocycles. The van der Waals surface area contributed by atoms with Crippen LogP contribution in [0.2, 0.25) is 0 Å². The fourth-order valence-corrected chi connectivity index (χ4v) is 3.16. The quantitative estimate of drug-likeness (QED) is 0.812. The molecule has 2 aromatic rings. The number of aryl methyl sites for hydroxylation is 1. The molecule has 1 atom stereocenters. The maximum Gasteiger partial charge on any atom is 0.416 e. The molecule has 6 nitrogen and oxygen atoms in total. The number of hydrogen-bond acceptors (Lipinski definition) is 4. The van der Waals surface area contributed by atoms with Crippen LogP contribution in [0.4, 0.5) is 16.3 Å². The number of nitrogens with zero attached hydrogens (tertiary/aromatic N) is 3. The minimum absolute atomic E-state index is 0.176. The number of benzene rings is 1. The fourth-order valence-electron chi connectivity index (χ4n) is 3.16. The maximum atomic E-state index is 13.3. The van der Waals surface area contributed by atoms with Crippen LogP contribution in [0.5, 0.6) is 0 Å². The second-order valence-electron chi connectivity index (χ2n) is 7.79. The number of aromatic nitrogens is 1. The summed E-state index contributed by atoms with van der Waals surface area (Å²) in [5.41, 5.74) is 2.05. The number of hydrogen-bond donors (Lipinski definition) is 0. The molecular weight excluding hydrogens is 342 g/mol. The SMILES string of the molecule is Cc1cccc(N(C)C(=O)C2Cc3cccnc3N2C(=O)OC(C)(C)C)c1. The van der Waals surface area contributed by atoms with Crippen LogP contribution in [0.25, 0.3) is 0 Å². The number of anilines is 2. The molecule has 1 aliphatic rings. The molecule has 0 bridgehead atoms. The zero-order valence-electron chi connectivity index (χ0n) is 16.4. The molecule has 0 saturated carbocycles. The second-order valence-corrected chi connectivity index (χ2v) is 7.79. The van der Waals surface area contributed by atoms with Crippen LogP contribution in [-0.2, 0) is 16.0 Å². The molecule has 27 heavy (non-hydrogen) atoms. The Hall–Kier alpha value is -2.89. The van der Waals surface area contributed by atoms with E-state index in [4.69, 9.17) is 4.74 Å². The highest BCUT2D eigenvalue weighted by molar-refractivity contribution is 6.05. The molecule has 0 saturated heterocycles. The summed E-state index contributed by atoms with van der Waals surface area (Å²) in [6, 6.07) is 10.7. The van der Waals surface area contributed by atoms with Crippen molar-refractivity contribution >= 4 is 23.5 Å². The molecule has 2 amide bonds. The number of amides is 2. The monoisotopic (exact) mass is 367 g/mol. The van der Waals surface area contributed by atoms with Gasteiger partial charge in [0, 0.05) is 25.4 Å². The highest BCUT2D eigenvalue weighted by atomic mass is 16.6. The van der Waals surface area contributed by atoms with E-state index in [0.29, 0.717) is 12.2 Å². The van der Waals surface area contributed by atoms with Gasteiger partial charge >= 0.3 is 6.09 Å². The molecule has 0 N–H and O–H groups in total. The predicted octanol–water partition coefficient (Wildman–Crippen LogP) is 3.72. The maximum absolute atomic E-state index is 13.3. The van der Waals surface area contributed by atoms with E-state index in [1.165, 1.54) is 4.90 Å². The molecule has 1 aliphatic heterocycles. The summed E-state index contributed by atoms with van der Waals surface area (Å²) in [6.45, 7) is 7.38. The Balaban J connectivity index is 1.93. The first-order chi connectivity index (χ1) is 12.7. The first kappa shape index (κ1) is 18.9. The van der Waals surface area contributed by atoms with Crippen LogP contribution in [0.1, 0.15) is 31.9 Å². The molecule has 6 heteroatoms. The van der Waals surface area contributed by atoms with E-state index in [0.717, 1.165) is 16.8 Å². The van der Waals surface area contributed by atoms with Crippen molar-refractivity contribution in [1.82, 2.24) is 4.98 Å². The minimum Gasteiger partial charge on any atom is -0.443 e. The second kappa shape index (κ2) is 7.02. The number of carbonyl (C=O) groups excluding carboxylic acids is 2. The van der Waals surface area contributed by atoms with E-state index in [1.54, 1.807) is 38.9 Å². The predicted molar refractivity (Wildman–Crippen MR) is 105 cm³/mol. The summed E-state index contributed by atoms with van der Waals surface area (Å²) in [6.07, 6.45) is 1.47. The van der Waals surface area contributed by atoms with E-state index in [2.05, 4.69) is 4.98 Å². The van der Waals surface area contributed by atoms with Gasteiger partial charge in [0.2, 0.25) is 5.91 Å². The normalized spacial score (nSPS) is 16.0. The van der Waals surface area contributed by atoms with Crippen LogP contribution in [-0.4, -0.2) is 35.7 Å². The van der Waals surface area contributed by atoms with Gasteiger partial charge in [-0.2, -0.15) is 0 Å². The first-order valence-corrected chi connectivity index (χ1v) is 8.98. The van der Waals surface area contributed by atoms with Crippen molar-refractivity contribution in [2.24, 2.45) is 0 Å². The molecule has 0 spiro atoms. The fraction of sp³-hybridized carbons (Fsp3) is 0.381. The van der Waals surface area contributed by atoms with Crippen LogP contribution in [0, 0.1) is 6.92 Å². The summed E-state index contributed by atoms with van der Waals surface area (Å²) in [5, 5.41) is 0. The van der Waals surface area contributed by atoms with E-state index in [9.17, 15) is 9.59 Å². The van der Waals surface area contributed by atoms with Gasteiger partial charge in [-0.25, -0.2) is 14.7 Å². The van der Waals surface area contributed by atoms with Crippen LogP contribution < -0.4 is 9.80 Å². The molecule has 3 rings (SSSR count). The summed E-state index contributed by atoms with van der Waals surface area (Å²) in [5.74, 6) is 0.312. The molecule has 0 aliphatic carbocycles. The van der Waals surface area contributed by atoms with Gasteiger partial charge in [0.15, 0.2) is 0 Å². The first-order valence-electron chi connectivity index (χ1n) is 8.98. The topological polar surface area (TPSA) is 62.7 Å². The van der Waals surface area contributed by atoms with Gasteiger partial charge in [-0.3, -0.25) is 4.79 Å². The lowest BCUT2D eigenvalue weighted by Gasteiger charge is -2.30. The zero-order valence-corrected chi connectivity index (χ0v) is 16.4. The molecule has 0 radical (unpaired) electrons. The third-order valence-corrected chi connectivity index (χ3v) is 4.42. The number of carbonyl (C=O) groups is 2. The van der Waals surface area contributed by atoms with Gasteiger partial charge in [-0.05, 0) is 57.0 Å². The van der Waals surface area contributed by atoms with Gasteiger partial charge in [0.25, 0.3) is 0 Å². The van der Waals surface area contributed by atoms with Gasteiger partial charge in [-0.1, -0.05) is 18.2 Å². The average molecular weight is 367 g/mol. The lowest BCUT2D eigenvalue weighted by atomic mass is 10.1. The number of likely N-dealkylation sites (N-methyl/N-ethyl adjacent to an activating group) is 1. The van der Waals surface area contributed by atoms with Crippen molar-refractivity contribution in [2.75, 3.05) is 16.8 Å². The Morgan fingerprint density at radius 2 is 1.96 bits per heavy atom. The van der Waals surface area contributed by atoms with Crippen molar-refractivity contribution in [3.8, 4) is 0 Å². The Morgan fingerprint density at radius 1 is 1.22 bits per heavy atom. The molecule has 0 fully saturated rings. The van der Waals surface area contributed by atoms with Gasteiger partial charge in [0.1, 0.15) is 17.5 Å². The Bertz CT molecular complexity index is 873. The largest absolute Gasteiger partial charge is 0.443 e. The van der Waals surface area contributed by atoms with Crippen molar-refractivity contribution in [3.63, 3.8) is 0 Å². The Morgan fingerprint density at radius 3 is 2.63 bits per heavy atom. The van der Waals surface area contributed by atoms with E-state index in [-0.39, 0.29) is 5.91 Å². The molecule has 1 aromatic carbocycles. The third kappa shape index (κ3) is 3.94. The standard InChI is InChI=1S/C21H25N3O3/c1-14-8-6-10-16(12-14)23(5)19(25)17-13-15-9-7-11-22-18(15)24(17)20(26)27-21(2,3)4/h6-12,17H,13H2,1-5H3. The van der Waals surface area contributed by atoms with Crippen molar-refractivity contribution < 1.29 is 14.3 Å². The molecule has 142 valence electrons. The van der Waals surface area contributed by atoms with Crippen molar-refractivity contribution in [3.05, 3.63) is 53.7 Å². The number of rotatable bonds is 2. The Labute approximate surface area is 159 Å². The number of fused-ring (bicyclic) bond motifs is 1. The average Bonchev–Trinajstić information content (AvgIpc) is 2.98. The van der Waals surface area contributed by atoms with E-state index >= 15 is 0 Å². The number of pyridine rings is 1. The van der Waals surface area contributed by atoms with Gasteiger partial charge in [-0.15, -0.1) is 0 Å². The van der Waals surface area contributed by atoms with E-state index in [1.807, 2.05) is 43.3 Å². The molecular formula is C21H25N3O3. The Kier molecular flexibility index (Phi) is 4.91. The van der Waals surface area contributed by atoms with Crippen molar-refractivity contribution in [1.29, 1.82) is 0 Å². The highest BCUT2D eigenvalue weighted by Gasteiger charge is 2.42. The summed E-state index contributed by atoms with van der Waals surface area (Å²) in [7, 11) is 1.72. The smallest absolute Gasteiger partial charge is 0.416 e. The van der Waals surface area contributed by atoms with Gasteiger partial charge < -0.3 is 9.64 Å². The van der Waals surface area contributed by atoms with Crippen molar-refractivity contribution in [2.45, 2.75) is 45.8 Å². The lowest BCUT2D eigenvalue weighted by Crippen LogP contribution is -2.50. The molecule has 1 unspecified atom stereocenters. The molecule has 1 aromatic heterocycles. The van der Waals surface area contributed by atoms with E-state index < -0.39 is 17.7 Å². The summed E-state index contributed by atoms with van der Waals surface area (Å²) in [4.78, 5) is 33.4. The van der Waals surface area contributed by atoms with Gasteiger partial charge in [0.05, 0.1) is 0 Å². The third-order valence-electron chi connectivity index (χ3n) is 4.42. The van der Waals surface area contributed by atoms with Crippen LogP contribution >= 0.6 is 0 Å². The summed E-state index contributed by atoms with van der Waals surface area (Å²) < 4.78 is 5.54. The number of ether oxygens (including phenoxy) is 1. The summed E-state index contributed by atoms with van der Waals surface area (Å²) >= 11 is 0. The minimum atomic E-state index is -0.685. The zero-order chi connectivity index (χ0) is 19.8.